The standard InChI is InChI=1S/C27H29N5O5/c1-16(2)31(14-19-9-6-5-7-10-19)15-22-29-26(37-30-22)23-17(3)28-18(4)24(27(33)34)25(23)20-11-8-12-21(13-20)32(35)36/h5-13,16,25,28H,14-15H2,1-4H3,(H,33,34). The normalized spacial score (nSPS) is 15.9. The van der Waals surface area contributed by atoms with Crippen LogP contribution in [0.4, 0.5) is 5.69 Å². The number of nitrogens with zero attached hydrogens (tertiary/aromatic N) is 4. The molecule has 1 aliphatic rings. The van der Waals surface area contributed by atoms with E-state index in [4.69, 9.17) is 4.52 Å². The molecule has 1 unspecified atom stereocenters. The highest BCUT2D eigenvalue weighted by atomic mass is 16.6. The maximum Gasteiger partial charge on any atom is 0.334 e. The molecule has 0 fully saturated rings. The van der Waals surface area contributed by atoms with Crippen LogP contribution < -0.4 is 5.32 Å². The highest BCUT2D eigenvalue weighted by Crippen LogP contribution is 2.43. The van der Waals surface area contributed by atoms with Crippen LogP contribution in [0.15, 0.2) is 76.1 Å². The summed E-state index contributed by atoms with van der Waals surface area (Å²) in [7, 11) is 0. The van der Waals surface area contributed by atoms with Crippen molar-refractivity contribution < 1.29 is 19.3 Å². The summed E-state index contributed by atoms with van der Waals surface area (Å²) in [6.45, 7) is 8.77. The number of carboxylic acids is 1. The third-order valence-corrected chi connectivity index (χ3v) is 6.41. The average Bonchev–Trinajstić information content (AvgIpc) is 3.31. The summed E-state index contributed by atoms with van der Waals surface area (Å²) >= 11 is 0. The minimum absolute atomic E-state index is 0.0636. The zero-order valence-electron chi connectivity index (χ0n) is 21.1. The van der Waals surface area contributed by atoms with E-state index in [1.165, 1.54) is 12.1 Å². The van der Waals surface area contributed by atoms with Crippen LogP contribution in [-0.4, -0.2) is 37.1 Å². The smallest absolute Gasteiger partial charge is 0.334 e. The second-order valence-corrected chi connectivity index (χ2v) is 9.29. The predicted octanol–water partition coefficient (Wildman–Crippen LogP) is 4.87. The molecule has 2 N–H and O–H groups in total. The number of non-ortho nitro benzene ring substituents is 1. The van der Waals surface area contributed by atoms with E-state index in [1.54, 1.807) is 26.0 Å². The van der Waals surface area contributed by atoms with Gasteiger partial charge in [0.25, 0.3) is 11.6 Å². The lowest BCUT2D eigenvalue weighted by molar-refractivity contribution is -0.384. The van der Waals surface area contributed by atoms with E-state index >= 15 is 0 Å². The topological polar surface area (TPSA) is 135 Å². The Labute approximate surface area is 214 Å². The summed E-state index contributed by atoms with van der Waals surface area (Å²) in [6.07, 6.45) is 0. The Morgan fingerprint density at radius 1 is 1.14 bits per heavy atom. The quantitative estimate of drug-likeness (QED) is 0.310. The van der Waals surface area contributed by atoms with Crippen LogP contribution in [0, 0.1) is 10.1 Å². The molecule has 0 spiro atoms. The van der Waals surface area contributed by atoms with Gasteiger partial charge in [0.2, 0.25) is 0 Å². The fourth-order valence-electron chi connectivity index (χ4n) is 4.56. The van der Waals surface area contributed by atoms with Crippen LogP contribution in [0.2, 0.25) is 0 Å². The number of nitrogens with one attached hydrogen (secondary N) is 1. The van der Waals surface area contributed by atoms with Gasteiger partial charge in [-0.25, -0.2) is 4.79 Å². The third-order valence-electron chi connectivity index (χ3n) is 6.41. The number of aliphatic carboxylic acids is 1. The van der Waals surface area contributed by atoms with Crippen molar-refractivity contribution in [3.63, 3.8) is 0 Å². The van der Waals surface area contributed by atoms with Gasteiger partial charge in [-0.3, -0.25) is 15.0 Å². The van der Waals surface area contributed by atoms with Crippen LogP contribution in [0.1, 0.15) is 56.5 Å². The Morgan fingerprint density at radius 3 is 2.51 bits per heavy atom. The second kappa shape index (κ2) is 10.8. The molecule has 0 radical (unpaired) electrons. The molecule has 0 bridgehead atoms. The Morgan fingerprint density at radius 2 is 1.86 bits per heavy atom. The van der Waals surface area contributed by atoms with E-state index in [9.17, 15) is 20.0 Å². The fraction of sp³-hybridized carbons (Fsp3) is 0.296. The van der Waals surface area contributed by atoms with Gasteiger partial charge >= 0.3 is 5.97 Å². The molecule has 192 valence electrons. The van der Waals surface area contributed by atoms with Crippen molar-refractivity contribution in [1.82, 2.24) is 20.4 Å². The lowest BCUT2D eigenvalue weighted by atomic mass is 9.80. The number of nitro benzene ring substituents is 1. The summed E-state index contributed by atoms with van der Waals surface area (Å²) in [5, 5.41) is 28.8. The molecular formula is C27H29N5O5. The van der Waals surface area contributed by atoms with Crippen molar-refractivity contribution in [3.8, 4) is 0 Å². The first-order valence-corrected chi connectivity index (χ1v) is 11.9. The fourth-order valence-corrected chi connectivity index (χ4v) is 4.56. The van der Waals surface area contributed by atoms with Gasteiger partial charge < -0.3 is 14.9 Å². The van der Waals surface area contributed by atoms with Gasteiger partial charge in [-0.1, -0.05) is 47.6 Å². The number of carboxylic acid groups (broad SMARTS) is 1. The van der Waals surface area contributed by atoms with Crippen LogP contribution >= 0.6 is 0 Å². The Balaban J connectivity index is 1.71. The van der Waals surface area contributed by atoms with Gasteiger partial charge in [0, 0.05) is 41.7 Å². The number of rotatable bonds is 9. The van der Waals surface area contributed by atoms with Gasteiger partial charge in [-0.2, -0.15) is 4.98 Å². The highest BCUT2D eigenvalue weighted by molar-refractivity contribution is 5.95. The van der Waals surface area contributed by atoms with E-state index < -0.39 is 16.8 Å². The minimum atomic E-state index is -1.14. The third kappa shape index (κ3) is 5.59. The van der Waals surface area contributed by atoms with Crippen LogP contribution in [-0.2, 0) is 17.9 Å². The van der Waals surface area contributed by atoms with Gasteiger partial charge in [0.05, 0.1) is 23.0 Å². The maximum atomic E-state index is 12.3. The number of aromatic nitrogens is 2. The lowest BCUT2D eigenvalue weighted by Gasteiger charge is -2.29. The first kappa shape index (κ1) is 25.8. The molecule has 2 heterocycles. The zero-order valence-corrected chi connectivity index (χ0v) is 21.1. The number of carbonyl (C=O) groups is 1. The number of nitro groups is 1. The number of hydrogen-bond donors (Lipinski definition) is 2. The van der Waals surface area contributed by atoms with Crippen molar-refractivity contribution in [1.29, 1.82) is 0 Å². The Bertz CT molecular complexity index is 1380. The average molecular weight is 504 g/mol. The van der Waals surface area contributed by atoms with Gasteiger partial charge in [-0.05, 0) is 38.8 Å². The number of hydrogen-bond acceptors (Lipinski definition) is 8. The van der Waals surface area contributed by atoms with Crippen LogP contribution in [0.3, 0.4) is 0 Å². The van der Waals surface area contributed by atoms with Crippen molar-refractivity contribution in [2.24, 2.45) is 0 Å². The van der Waals surface area contributed by atoms with E-state index in [0.717, 1.165) is 5.56 Å². The molecule has 10 heteroatoms. The molecule has 1 atom stereocenters. The summed E-state index contributed by atoms with van der Waals surface area (Å²) < 4.78 is 5.66. The monoisotopic (exact) mass is 503 g/mol. The van der Waals surface area contributed by atoms with E-state index in [0.29, 0.717) is 41.4 Å². The molecule has 37 heavy (non-hydrogen) atoms. The Kier molecular flexibility index (Phi) is 7.49. The summed E-state index contributed by atoms with van der Waals surface area (Å²) in [6, 6.07) is 16.3. The summed E-state index contributed by atoms with van der Waals surface area (Å²) in [5.74, 6) is -1.34. The van der Waals surface area contributed by atoms with Gasteiger partial charge in [0.1, 0.15) is 0 Å². The minimum Gasteiger partial charge on any atom is -0.478 e. The summed E-state index contributed by atoms with van der Waals surface area (Å²) in [4.78, 5) is 30.1. The molecule has 10 nitrogen and oxygen atoms in total. The van der Waals surface area contributed by atoms with Crippen LogP contribution in [0.25, 0.3) is 5.57 Å². The van der Waals surface area contributed by atoms with E-state index in [-0.39, 0.29) is 23.2 Å². The molecule has 1 aliphatic heterocycles. The lowest BCUT2D eigenvalue weighted by Crippen LogP contribution is -2.30. The highest BCUT2D eigenvalue weighted by Gasteiger charge is 2.37. The molecule has 1 aromatic heterocycles. The molecular weight excluding hydrogens is 474 g/mol. The molecule has 4 rings (SSSR count). The number of benzene rings is 2. The van der Waals surface area contributed by atoms with Gasteiger partial charge in [0.15, 0.2) is 5.82 Å². The van der Waals surface area contributed by atoms with Crippen molar-refractivity contribution in [2.75, 3.05) is 0 Å². The maximum absolute atomic E-state index is 12.3. The molecule has 0 saturated carbocycles. The molecule has 0 amide bonds. The molecule has 3 aromatic rings. The molecule has 2 aromatic carbocycles. The van der Waals surface area contributed by atoms with Crippen molar-refractivity contribution in [2.45, 2.75) is 52.7 Å². The van der Waals surface area contributed by atoms with E-state index in [2.05, 4.69) is 46.3 Å². The first-order valence-electron chi connectivity index (χ1n) is 11.9. The van der Waals surface area contributed by atoms with Crippen molar-refractivity contribution in [3.05, 3.63) is 105 Å². The van der Waals surface area contributed by atoms with Crippen molar-refractivity contribution >= 4 is 17.2 Å². The first-order chi connectivity index (χ1) is 17.7. The van der Waals surface area contributed by atoms with Crippen LogP contribution in [0.5, 0.6) is 0 Å². The summed E-state index contributed by atoms with van der Waals surface area (Å²) in [5.41, 5.74) is 3.10. The van der Waals surface area contributed by atoms with E-state index in [1.807, 2.05) is 18.2 Å². The SMILES string of the molecule is CC1=C(C(=O)O)C(c2cccc([N+](=O)[O-])c2)C(c2nc(CN(Cc3ccccc3)C(C)C)no2)=C(C)N1. The second-order valence-electron chi connectivity index (χ2n) is 9.29. The van der Waals surface area contributed by atoms with Gasteiger partial charge in [-0.15, -0.1) is 0 Å². The number of allylic oxidation sites excluding steroid dienone is 3. The largest absolute Gasteiger partial charge is 0.478 e. The molecule has 0 saturated heterocycles. The Hall–Kier alpha value is -4.31. The number of dihydropyridines is 1. The predicted molar refractivity (Wildman–Crippen MR) is 137 cm³/mol. The molecule has 0 aliphatic carbocycles. The zero-order chi connectivity index (χ0) is 26.7.